The first-order chi connectivity index (χ1) is 16.2. The van der Waals surface area contributed by atoms with E-state index in [0.29, 0.717) is 34.5 Å². The van der Waals surface area contributed by atoms with Gasteiger partial charge in [0.2, 0.25) is 15.9 Å². The number of carbonyl (C=O) groups excluding carboxylic acids is 1. The zero-order valence-electron chi connectivity index (χ0n) is 19.0. The zero-order chi connectivity index (χ0) is 24.6. The van der Waals surface area contributed by atoms with Gasteiger partial charge in [-0.3, -0.25) is 9.10 Å². The molecule has 1 N–H and O–H groups in total. The van der Waals surface area contributed by atoms with Crippen LogP contribution in [-0.4, -0.2) is 38.9 Å². The van der Waals surface area contributed by atoms with E-state index in [1.807, 2.05) is 54.6 Å². The molecule has 180 valence electrons. The molecule has 0 spiro atoms. The minimum Gasteiger partial charge on any atom is -0.457 e. The van der Waals surface area contributed by atoms with Crippen LogP contribution in [0.5, 0.6) is 11.5 Å². The third kappa shape index (κ3) is 7.68. The molecule has 0 unspecified atom stereocenters. The van der Waals surface area contributed by atoms with Gasteiger partial charge in [0.1, 0.15) is 17.5 Å². The molecule has 0 radical (unpaired) electrons. The van der Waals surface area contributed by atoms with Gasteiger partial charge in [-0.1, -0.05) is 41.9 Å². The lowest BCUT2D eigenvalue weighted by molar-refractivity contribution is -0.121. The zero-order valence-corrected chi connectivity index (χ0v) is 21.4. The lowest BCUT2D eigenvalue weighted by atomic mass is 10.2. The van der Waals surface area contributed by atoms with Crippen molar-refractivity contribution in [3.05, 3.63) is 89.4 Å². The van der Waals surface area contributed by atoms with E-state index in [0.717, 1.165) is 21.9 Å². The molecular formula is C25H27ClN2O4S2. The number of sulfonamides is 1. The molecule has 3 rings (SSSR count). The van der Waals surface area contributed by atoms with Crippen molar-refractivity contribution in [1.82, 2.24) is 5.32 Å². The molecule has 0 aliphatic rings. The van der Waals surface area contributed by atoms with Crippen LogP contribution in [0.4, 0.5) is 5.69 Å². The molecule has 0 heterocycles. The Hall–Kier alpha value is -2.68. The van der Waals surface area contributed by atoms with Gasteiger partial charge in [-0.05, 0) is 61.0 Å². The van der Waals surface area contributed by atoms with Crippen LogP contribution in [0.1, 0.15) is 12.5 Å². The summed E-state index contributed by atoms with van der Waals surface area (Å²) in [6, 6.07) is 22.6. The first-order valence-corrected chi connectivity index (χ1v) is 14.0. The topological polar surface area (TPSA) is 75.7 Å². The van der Waals surface area contributed by atoms with Gasteiger partial charge in [-0.15, -0.1) is 0 Å². The van der Waals surface area contributed by atoms with Gasteiger partial charge in [-0.25, -0.2) is 8.42 Å². The molecule has 3 aromatic carbocycles. The highest BCUT2D eigenvalue weighted by Gasteiger charge is 2.28. The standard InChI is InChI=1S/C25H27ClN2O4S2/c1-19(25(29)27-16-17-33-18-20-8-10-21(26)11-9-20)28(34(2,30)31)22-12-14-24(15-13-22)32-23-6-4-3-5-7-23/h3-15,19H,16-18H2,1-2H3,(H,27,29)/t19-/m0/s1. The molecule has 3 aromatic rings. The Morgan fingerprint density at radius 3 is 2.24 bits per heavy atom. The Balaban J connectivity index is 1.56. The Labute approximate surface area is 210 Å². The van der Waals surface area contributed by atoms with Crippen molar-refractivity contribution in [3.63, 3.8) is 0 Å². The second-order valence-corrected chi connectivity index (χ2v) is 11.0. The van der Waals surface area contributed by atoms with E-state index >= 15 is 0 Å². The second kappa shape index (κ2) is 12.1. The van der Waals surface area contributed by atoms with Crippen molar-refractivity contribution in [3.8, 4) is 11.5 Å². The van der Waals surface area contributed by atoms with Crippen LogP contribution >= 0.6 is 23.4 Å². The number of hydrogen-bond donors (Lipinski definition) is 1. The Kier molecular flexibility index (Phi) is 9.27. The SMILES string of the molecule is C[C@@H](C(=O)NCCSCc1ccc(Cl)cc1)N(c1ccc(Oc2ccccc2)cc1)S(C)(=O)=O. The predicted octanol–water partition coefficient (Wildman–Crippen LogP) is 5.34. The molecule has 0 fully saturated rings. The number of ether oxygens (including phenoxy) is 1. The number of benzene rings is 3. The summed E-state index contributed by atoms with van der Waals surface area (Å²) in [5.74, 6) is 2.39. The second-order valence-electron chi connectivity index (χ2n) is 7.61. The van der Waals surface area contributed by atoms with Crippen molar-refractivity contribution in [2.24, 2.45) is 0 Å². The average molecular weight is 519 g/mol. The van der Waals surface area contributed by atoms with Gasteiger partial charge in [0, 0.05) is 23.1 Å². The normalized spacial score (nSPS) is 12.1. The summed E-state index contributed by atoms with van der Waals surface area (Å²) in [6.45, 7) is 2.01. The van der Waals surface area contributed by atoms with E-state index in [-0.39, 0.29) is 5.91 Å². The number of hydrogen-bond acceptors (Lipinski definition) is 5. The Morgan fingerprint density at radius 1 is 1.00 bits per heavy atom. The van der Waals surface area contributed by atoms with Crippen LogP contribution in [0.3, 0.4) is 0 Å². The molecule has 0 bridgehead atoms. The van der Waals surface area contributed by atoms with Crippen LogP contribution in [0.15, 0.2) is 78.9 Å². The predicted molar refractivity (Wildman–Crippen MR) is 140 cm³/mol. The van der Waals surface area contributed by atoms with Crippen molar-refractivity contribution < 1.29 is 17.9 Å². The summed E-state index contributed by atoms with van der Waals surface area (Å²) in [6.07, 6.45) is 1.09. The number of carbonyl (C=O) groups is 1. The van der Waals surface area contributed by atoms with Crippen LogP contribution < -0.4 is 14.4 Å². The number of para-hydroxylation sites is 1. The third-order valence-electron chi connectivity index (χ3n) is 4.89. The van der Waals surface area contributed by atoms with Crippen molar-refractivity contribution in [1.29, 1.82) is 0 Å². The summed E-state index contributed by atoms with van der Waals surface area (Å²) >= 11 is 7.57. The number of nitrogens with one attached hydrogen (secondary N) is 1. The number of anilines is 1. The Bertz CT molecular complexity index is 1170. The maximum absolute atomic E-state index is 12.7. The van der Waals surface area contributed by atoms with E-state index in [1.165, 1.54) is 0 Å². The molecule has 0 aliphatic heterocycles. The summed E-state index contributed by atoms with van der Waals surface area (Å²) in [5, 5.41) is 3.53. The molecule has 0 aliphatic carbocycles. The lowest BCUT2D eigenvalue weighted by Crippen LogP contribution is -2.48. The number of halogens is 1. The van der Waals surface area contributed by atoms with Gasteiger partial charge >= 0.3 is 0 Å². The number of rotatable bonds is 11. The molecule has 0 saturated heterocycles. The molecule has 9 heteroatoms. The largest absolute Gasteiger partial charge is 0.457 e. The van der Waals surface area contributed by atoms with Gasteiger partial charge in [-0.2, -0.15) is 11.8 Å². The fourth-order valence-corrected chi connectivity index (χ4v) is 5.38. The molecular weight excluding hydrogens is 492 g/mol. The highest BCUT2D eigenvalue weighted by Crippen LogP contribution is 2.27. The van der Waals surface area contributed by atoms with E-state index in [1.54, 1.807) is 43.0 Å². The van der Waals surface area contributed by atoms with Crippen molar-refractivity contribution >= 4 is 45.0 Å². The van der Waals surface area contributed by atoms with E-state index in [2.05, 4.69) is 5.32 Å². The van der Waals surface area contributed by atoms with Crippen LogP contribution in [-0.2, 0) is 20.6 Å². The maximum Gasteiger partial charge on any atom is 0.243 e. The molecule has 0 saturated carbocycles. The quantitative estimate of drug-likeness (QED) is 0.347. The van der Waals surface area contributed by atoms with Gasteiger partial charge in [0.25, 0.3) is 0 Å². The van der Waals surface area contributed by atoms with Crippen LogP contribution in [0.2, 0.25) is 5.02 Å². The highest BCUT2D eigenvalue weighted by molar-refractivity contribution is 7.98. The summed E-state index contributed by atoms with van der Waals surface area (Å²) < 4.78 is 31.9. The van der Waals surface area contributed by atoms with E-state index in [9.17, 15) is 13.2 Å². The van der Waals surface area contributed by atoms with E-state index < -0.39 is 16.1 Å². The summed E-state index contributed by atoms with van der Waals surface area (Å²) in [7, 11) is -3.69. The van der Waals surface area contributed by atoms with E-state index in [4.69, 9.17) is 16.3 Å². The summed E-state index contributed by atoms with van der Waals surface area (Å²) in [4.78, 5) is 12.7. The van der Waals surface area contributed by atoms with Gasteiger partial charge in [0.05, 0.1) is 11.9 Å². The van der Waals surface area contributed by atoms with Crippen LogP contribution in [0, 0.1) is 0 Å². The minimum atomic E-state index is -3.69. The molecule has 1 amide bonds. The Morgan fingerprint density at radius 2 is 1.62 bits per heavy atom. The maximum atomic E-state index is 12.7. The van der Waals surface area contributed by atoms with Gasteiger partial charge in [0.15, 0.2) is 0 Å². The minimum absolute atomic E-state index is 0.359. The molecule has 34 heavy (non-hydrogen) atoms. The monoisotopic (exact) mass is 518 g/mol. The first kappa shape index (κ1) is 25.9. The molecule has 0 aromatic heterocycles. The lowest BCUT2D eigenvalue weighted by Gasteiger charge is -2.28. The fraction of sp³-hybridized carbons (Fsp3) is 0.240. The first-order valence-electron chi connectivity index (χ1n) is 10.7. The molecule has 1 atom stereocenters. The molecule has 6 nitrogen and oxygen atoms in total. The number of nitrogens with zero attached hydrogens (tertiary/aromatic N) is 1. The van der Waals surface area contributed by atoms with Crippen molar-refractivity contribution in [2.75, 3.05) is 22.9 Å². The average Bonchev–Trinajstić information content (AvgIpc) is 2.81. The van der Waals surface area contributed by atoms with Gasteiger partial charge < -0.3 is 10.1 Å². The highest BCUT2D eigenvalue weighted by atomic mass is 35.5. The van der Waals surface area contributed by atoms with Crippen molar-refractivity contribution in [2.45, 2.75) is 18.7 Å². The fourth-order valence-electron chi connectivity index (χ4n) is 3.26. The number of amides is 1. The number of thioether (sulfide) groups is 1. The third-order valence-corrected chi connectivity index (χ3v) is 7.41. The smallest absolute Gasteiger partial charge is 0.243 e. The summed E-state index contributed by atoms with van der Waals surface area (Å²) in [5.41, 5.74) is 1.54. The van der Waals surface area contributed by atoms with Crippen LogP contribution in [0.25, 0.3) is 0 Å².